The molecular weight excluding hydrogens is 240 g/mol. The summed E-state index contributed by atoms with van der Waals surface area (Å²) >= 11 is 0. The molecule has 4 heteroatoms. The molecule has 0 aliphatic carbocycles. The number of likely N-dealkylation sites (tertiary alicyclic amines) is 1. The molecule has 1 atom stereocenters. The van der Waals surface area contributed by atoms with E-state index in [2.05, 4.69) is 11.0 Å². The van der Waals surface area contributed by atoms with Crippen molar-refractivity contribution in [2.75, 3.05) is 32.8 Å². The highest BCUT2D eigenvalue weighted by molar-refractivity contribution is 5.44. The van der Waals surface area contributed by atoms with E-state index in [-0.39, 0.29) is 6.04 Å². The summed E-state index contributed by atoms with van der Waals surface area (Å²) in [7, 11) is 0. The van der Waals surface area contributed by atoms with E-state index >= 15 is 0 Å². The topological polar surface area (TPSA) is 47.7 Å². The second-order valence-electron chi connectivity index (χ2n) is 5.37. The van der Waals surface area contributed by atoms with Gasteiger partial charge in [0.15, 0.2) is 11.5 Å². The van der Waals surface area contributed by atoms with Crippen molar-refractivity contribution in [3.05, 3.63) is 23.8 Å². The van der Waals surface area contributed by atoms with Crippen LogP contribution >= 0.6 is 0 Å². The molecule has 2 aliphatic heterocycles. The van der Waals surface area contributed by atoms with Gasteiger partial charge in [0.05, 0.1) is 0 Å². The molecule has 1 aromatic rings. The maximum atomic E-state index is 6.32. The number of hydrogen-bond donors (Lipinski definition) is 1. The standard InChI is InChI=1S/C15H22N2O2/c16-13(11-17-6-2-1-3-7-17)12-4-5-14-15(10-12)19-9-8-18-14/h4-5,10,13H,1-3,6-9,11,16H2. The number of rotatable bonds is 3. The monoisotopic (exact) mass is 262 g/mol. The molecule has 3 rings (SSSR count). The molecule has 19 heavy (non-hydrogen) atoms. The summed E-state index contributed by atoms with van der Waals surface area (Å²) in [4.78, 5) is 2.46. The first-order valence-corrected chi connectivity index (χ1v) is 7.20. The van der Waals surface area contributed by atoms with E-state index < -0.39 is 0 Å². The highest BCUT2D eigenvalue weighted by Gasteiger charge is 2.18. The number of fused-ring (bicyclic) bond motifs is 1. The Morgan fingerprint density at radius 2 is 1.79 bits per heavy atom. The lowest BCUT2D eigenvalue weighted by Gasteiger charge is -2.29. The zero-order valence-corrected chi connectivity index (χ0v) is 11.3. The van der Waals surface area contributed by atoms with E-state index in [1.165, 1.54) is 32.4 Å². The van der Waals surface area contributed by atoms with Crippen LogP contribution < -0.4 is 15.2 Å². The molecule has 4 nitrogen and oxygen atoms in total. The van der Waals surface area contributed by atoms with Gasteiger partial charge in [-0.2, -0.15) is 0 Å². The minimum absolute atomic E-state index is 0.0499. The highest BCUT2D eigenvalue weighted by atomic mass is 16.6. The Kier molecular flexibility index (Phi) is 3.89. The third-order valence-corrected chi connectivity index (χ3v) is 3.90. The van der Waals surface area contributed by atoms with Crippen molar-refractivity contribution in [3.63, 3.8) is 0 Å². The maximum Gasteiger partial charge on any atom is 0.161 e. The van der Waals surface area contributed by atoms with Crippen LogP contribution in [0.25, 0.3) is 0 Å². The van der Waals surface area contributed by atoms with Crippen LogP contribution in [0.5, 0.6) is 11.5 Å². The lowest BCUT2D eigenvalue weighted by Crippen LogP contribution is -2.36. The van der Waals surface area contributed by atoms with Gasteiger partial charge in [-0.15, -0.1) is 0 Å². The average molecular weight is 262 g/mol. The van der Waals surface area contributed by atoms with Gasteiger partial charge in [-0.25, -0.2) is 0 Å². The molecule has 2 heterocycles. The lowest BCUT2D eigenvalue weighted by molar-refractivity contribution is 0.171. The molecule has 0 aromatic heterocycles. The van der Waals surface area contributed by atoms with Crippen LogP contribution in [0.1, 0.15) is 30.9 Å². The van der Waals surface area contributed by atoms with Crippen LogP contribution in [-0.4, -0.2) is 37.7 Å². The molecular formula is C15H22N2O2. The average Bonchev–Trinajstić information content (AvgIpc) is 2.48. The first-order chi connectivity index (χ1) is 9.33. The van der Waals surface area contributed by atoms with E-state index in [0.29, 0.717) is 13.2 Å². The SMILES string of the molecule is NC(CN1CCCCC1)c1ccc2c(c1)OCCO2. The fourth-order valence-electron chi connectivity index (χ4n) is 2.82. The number of ether oxygens (including phenoxy) is 2. The molecule has 104 valence electrons. The summed E-state index contributed by atoms with van der Waals surface area (Å²) in [5, 5.41) is 0. The van der Waals surface area contributed by atoms with Gasteiger partial charge < -0.3 is 20.1 Å². The quantitative estimate of drug-likeness (QED) is 0.904. The fourth-order valence-corrected chi connectivity index (χ4v) is 2.82. The van der Waals surface area contributed by atoms with Gasteiger partial charge in [0, 0.05) is 12.6 Å². The highest BCUT2D eigenvalue weighted by Crippen LogP contribution is 2.32. The molecule has 0 amide bonds. The van der Waals surface area contributed by atoms with E-state index in [1.54, 1.807) is 0 Å². The van der Waals surface area contributed by atoms with Crippen LogP contribution in [-0.2, 0) is 0 Å². The molecule has 0 spiro atoms. The third-order valence-electron chi connectivity index (χ3n) is 3.90. The van der Waals surface area contributed by atoms with Gasteiger partial charge in [0.2, 0.25) is 0 Å². The lowest BCUT2D eigenvalue weighted by atomic mass is 10.0. The van der Waals surface area contributed by atoms with E-state index in [1.807, 2.05) is 12.1 Å². The molecule has 1 fully saturated rings. The minimum Gasteiger partial charge on any atom is -0.486 e. The molecule has 0 bridgehead atoms. The smallest absolute Gasteiger partial charge is 0.161 e. The molecule has 1 saturated heterocycles. The summed E-state index contributed by atoms with van der Waals surface area (Å²) < 4.78 is 11.1. The molecule has 1 unspecified atom stereocenters. The van der Waals surface area contributed by atoms with Crippen molar-refractivity contribution in [3.8, 4) is 11.5 Å². The summed E-state index contributed by atoms with van der Waals surface area (Å²) in [5.74, 6) is 1.66. The Labute approximate surface area is 114 Å². The summed E-state index contributed by atoms with van der Waals surface area (Å²) in [6.07, 6.45) is 3.96. The Hall–Kier alpha value is -1.26. The minimum atomic E-state index is 0.0499. The van der Waals surface area contributed by atoms with Crippen molar-refractivity contribution >= 4 is 0 Å². The zero-order valence-electron chi connectivity index (χ0n) is 11.3. The Bertz CT molecular complexity index is 430. The Balaban J connectivity index is 1.67. The summed E-state index contributed by atoms with van der Waals surface area (Å²) in [6, 6.07) is 6.11. The molecule has 1 aromatic carbocycles. The number of hydrogen-bond acceptors (Lipinski definition) is 4. The first-order valence-electron chi connectivity index (χ1n) is 7.20. The second-order valence-corrected chi connectivity index (χ2v) is 5.37. The normalized spacial score (nSPS) is 21.1. The van der Waals surface area contributed by atoms with Gasteiger partial charge in [0.25, 0.3) is 0 Å². The van der Waals surface area contributed by atoms with Crippen LogP contribution in [0.4, 0.5) is 0 Å². The Morgan fingerprint density at radius 3 is 2.58 bits per heavy atom. The van der Waals surface area contributed by atoms with Crippen molar-refractivity contribution in [1.82, 2.24) is 4.90 Å². The van der Waals surface area contributed by atoms with Gasteiger partial charge in [-0.05, 0) is 43.6 Å². The van der Waals surface area contributed by atoms with Crippen molar-refractivity contribution in [1.29, 1.82) is 0 Å². The largest absolute Gasteiger partial charge is 0.486 e. The summed E-state index contributed by atoms with van der Waals surface area (Å²) in [6.45, 7) is 4.54. The summed E-state index contributed by atoms with van der Waals surface area (Å²) in [5.41, 5.74) is 7.46. The van der Waals surface area contributed by atoms with E-state index in [0.717, 1.165) is 23.6 Å². The zero-order chi connectivity index (χ0) is 13.1. The van der Waals surface area contributed by atoms with Gasteiger partial charge in [-0.3, -0.25) is 0 Å². The number of nitrogens with two attached hydrogens (primary N) is 1. The van der Waals surface area contributed by atoms with E-state index in [4.69, 9.17) is 15.2 Å². The van der Waals surface area contributed by atoms with Crippen LogP contribution in [0.3, 0.4) is 0 Å². The predicted octanol–water partition coefficient (Wildman–Crippen LogP) is 1.94. The van der Waals surface area contributed by atoms with Gasteiger partial charge >= 0.3 is 0 Å². The van der Waals surface area contributed by atoms with Crippen molar-refractivity contribution in [2.24, 2.45) is 5.73 Å². The van der Waals surface area contributed by atoms with Crippen molar-refractivity contribution < 1.29 is 9.47 Å². The third kappa shape index (κ3) is 3.01. The van der Waals surface area contributed by atoms with Gasteiger partial charge in [0.1, 0.15) is 13.2 Å². The van der Waals surface area contributed by atoms with Crippen LogP contribution in [0.15, 0.2) is 18.2 Å². The predicted molar refractivity (Wildman–Crippen MR) is 74.7 cm³/mol. The number of piperidine rings is 1. The second kappa shape index (κ2) is 5.80. The van der Waals surface area contributed by atoms with Crippen molar-refractivity contribution in [2.45, 2.75) is 25.3 Å². The Morgan fingerprint density at radius 1 is 1.05 bits per heavy atom. The van der Waals surface area contributed by atoms with Gasteiger partial charge in [-0.1, -0.05) is 12.5 Å². The molecule has 2 N–H and O–H groups in total. The number of nitrogens with zero attached hydrogens (tertiary/aromatic N) is 1. The van der Waals surface area contributed by atoms with E-state index in [9.17, 15) is 0 Å². The van der Waals surface area contributed by atoms with Crippen LogP contribution in [0, 0.1) is 0 Å². The first kappa shape index (κ1) is 12.8. The molecule has 0 saturated carbocycles. The number of benzene rings is 1. The maximum absolute atomic E-state index is 6.32. The molecule has 2 aliphatic rings. The molecule has 0 radical (unpaired) electrons. The van der Waals surface area contributed by atoms with Crippen LogP contribution in [0.2, 0.25) is 0 Å². The fraction of sp³-hybridized carbons (Fsp3) is 0.600.